The second-order valence-electron chi connectivity index (χ2n) is 6.79. The quantitative estimate of drug-likeness (QED) is 0.147. The zero-order chi connectivity index (χ0) is 24.7. The molecule has 1 amide bonds. The van der Waals surface area contributed by atoms with Crippen molar-refractivity contribution in [3.8, 4) is 17.2 Å². The number of nitro benzene ring substituents is 1. The van der Waals surface area contributed by atoms with E-state index in [1.165, 1.54) is 25.5 Å². The summed E-state index contributed by atoms with van der Waals surface area (Å²) >= 11 is 5.59. The topological polar surface area (TPSA) is 112 Å². The van der Waals surface area contributed by atoms with Crippen LogP contribution in [0.5, 0.6) is 17.2 Å². The van der Waals surface area contributed by atoms with Crippen LogP contribution < -0.4 is 19.6 Å². The van der Waals surface area contributed by atoms with Crippen LogP contribution in [0.3, 0.4) is 0 Å². The predicted molar refractivity (Wildman–Crippen MR) is 139 cm³/mol. The van der Waals surface area contributed by atoms with Gasteiger partial charge in [-0.15, -0.1) is 0 Å². The summed E-state index contributed by atoms with van der Waals surface area (Å²) in [4.78, 5) is 22.7. The first-order valence-corrected chi connectivity index (χ1v) is 11.6. The van der Waals surface area contributed by atoms with Crippen LogP contribution in [0.2, 0.25) is 0 Å². The minimum absolute atomic E-state index is 0.0133. The molecule has 0 heterocycles. The minimum atomic E-state index is -0.454. The third-order valence-corrected chi connectivity index (χ3v) is 6.06. The van der Waals surface area contributed by atoms with E-state index in [2.05, 4.69) is 49.0 Å². The molecular formula is C23H19BrIN3O6. The molecule has 0 saturated heterocycles. The van der Waals surface area contributed by atoms with Crippen LogP contribution in [-0.4, -0.2) is 31.3 Å². The molecule has 0 aliphatic rings. The summed E-state index contributed by atoms with van der Waals surface area (Å²) in [5.41, 5.74) is 4.34. The van der Waals surface area contributed by atoms with E-state index in [4.69, 9.17) is 14.2 Å². The van der Waals surface area contributed by atoms with E-state index in [1.54, 1.807) is 49.6 Å². The fourth-order valence-electron chi connectivity index (χ4n) is 2.85. The molecule has 0 unspecified atom stereocenters. The molecule has 11 heteroatoms. The molecule has 0 aromatic heterocycles. The Bertz CT molecular complexity index is 1230. The SMILES string of the molecule is COc1cc(C(=O)N/N=C\c2cc(Br)c(OCc3ccc([N+](=O)[O-])cc3)c(OC)c2)ccc1I. The number of hydrogen-bond acceptors (Lipinski definition) is 7. The van der Waals surface area contributed by atoms with Gasteiger partial charge in [-0.05, 0) is 92.1 Å². The van der Waals surface area contributed by atoms with E-state index >= 15 is 0 Å². The van der Waals surface area contributed by atoms with Crippen molar-refractivity contribution >= 4 is 56.3 Å². The first-order valence-electron chi connectivity index (χ1n) is 9.73. The van der Waals surface area contributed by atoms with Crippen LogP contribution in [0, 0.1) is 13.7 Å². The number of carbonyl (C=O) groups is 1. The molecule has 1 N–H and O–H groups in total. The zero-order valence-electron chi connectivity index (χ0n) is 18.1. The first kappa shape index (κ1) is 25.4. The molecule has 176 valence electrons. The van der Waals surface area contributed by atoms with Gasteiger partial charge in [0.2, 0.25) is 0 Å². The van der Waals surface area contributed by atoms with E-state index in [0.717, 1.165) is 9.13 Å². The van der Waals surface area contributed by atoms with Crippen molar-refractivity contribution in [2.45, 2.75) is 6.61 Å². The summed E-state index contributed by atoms with van der Waals surface area (Å²) in [6.07, 6.45) is 1.48. The maximum atomic E-state index is 12.4. The van der Waals surface area contributed by atoms with E-state index in [0.29, 0.717) is 32.8 Å². The summed E-state index contributed by atoms with van der Waals surface area (Å²) in [5, 5.41) is 14.8. The molecule has 0 bridgehead atoms. The smallest absolute Gasteiger partial charge is 0.271 e. The minimum Gasteiger partial charge on any atom is -0.496 e. The third-order valence-electron chi connectivity index (χ3n) is 4.58. The van der Waals surface area contributed by atoms with Gasteiger partial charge in [0.1, 0.15) is 12.4 Å². The Morgan fingerprint density at radius 1 is 1.12 bits per heavy atom. The number of amides is 1. The van der Waals surface area contributed by atoms with Crippen molar-refractivity contribution in [2.24, 2.45) is 5.10 Å². The molecule has 0 aliphatic heterocycles. The fourth-order valence-corrected chi connectivity index (χ4v) is 3.98. The molecule has 0 aliphatic carbocycles. The number of nitro groups is 1. The van der Waals surface area contributed by atoms with E-state index in [1.807, 2.05) is 0 Å². The fraction of sp³-hybridized carbons (Fsp3) is 0.130. The van der Waals surface area contributed by atoms with Crippen LogP contribution in [0.1, 0.15) is 21.5 Å². The average Bonchev–Trinajstić information content (AvgIpc) is 2.83. The van der Waals surface area contributed by atoms with E-state index < -0.39 is 4.92 Å². The molecule has 0 spiro atoms. The van der Waals surface area contributed by atoms with Gasteiger partial charge in [-0.3, -0.25) is 14.9 Å². The van der Waals surface area contributed by atoms with Gasteiger partial charge in [-0.2, -0.15) is 5.10 Å². The van der Waals surface area contributed by atoms with Crippen molar-refractivity contribution in [1.82, 2.24) is 5.43 Å². The Labute approximate surface area is 217 Å². The van der Waals surface area contributed by atoms with Crippen molar-refractivity contribution < 1.29 is 23.9 Å². The molecule has 34 heavy (non-hydrogen) atoms. The van der Waals surface area contributed by atoms with Crippen molar-refractivity contribution in [2.75, 3.05) is 14.2 Å². The van der Waals surface area contributed by atoms with Gasteiger partial charge in [0.25, 0.3) is 11.6 Å². The van der Waals surface area contributed by atoms with E-state index in [9.17, 15) is 14.9 Å². The Kier molecular flexibility index (Phi) is 8.82. The molecule has 3 aromatic rings. The average molecular weight is 640 g/mol. The Balaban J connectivity index is 1.68. The highest BCUT2D eigenvalue weighted by Crippen LogP contribution is 2.37. The molecule has 0 fully saturated rings. The normalized spacial score (nSPS) is 10.7. The number of hydrazone groups is 1. The number of benzene rings is 3. The van der Waals surface area contributed by atoms with Gasteiger partial charge in [0.05, 0.1) is 33.4 Å². The number of rotatable bonds is 9. The van der Waals surface area contributed by atoms with Crippen molar-refractivity contribution in [1.29, 1.82) is 0 Å². The molecule has 0 radical (unpaired) electrons. The summed E-state index contributed by atoms with van der Waals surface area (Å²) in [6.45, 7) is 0.190. The second-order valence-corrected chi connectivity index (χ2v) is 8.81. The Hall–Kier alpha value is -3.19. The van der Waals surface area contributed by atoms with Crippen LogP contribution in [0.25, 0.3) is 0 Å². The second kappa shape index (κ2) is 11.8. The van der Waals surface area contributed by atoms with Gasteiger partial charge < -0.3 is 14.2 Å². The molecule has 3 rings (SSSR count). The standard InChI is InChI=1S/C23H19BrIN3O6/c1-32-20-11-16(5-8-19(20)25)23(29)27-26-12-15-9-18(24)22(21(10-15)33-2)34-13-14-3-6-17(7-4-14)28(30)31/h3-12H,13H2,1-2H3,(H,27,29)/b26-12-. The molecular weight excluding hydrogens is 621 g/mol. The lowest BCUT2D eigenvalue weighted by atomic mass is 10.2. The lowest BCUT2D eigenvalue weighted by Crippen LogP contribution is -2.17. The Morgan fingerprint density at radius 2 is 1.82 bits per heavy atom. The van der Waals surface area contributed by atoms with Gasteiger partial charge in [0.15, 0.2) is 11.5 Å². The maximum Gasteiger partial charge on any atom is 0.271 e. The molecule has 0 saturated carbocycles. The van der Waals surface area contributed by atoms with Gasteiger partial charge in [-0.25, -0.2) is 5.43 Å². The summed E-state index contributed by atoms with van der Waals surface area (Å²) in [6, 6.07) is 14.7. The van der Waals surface area contributed by atoms with Gasteiger partial charge >= 0.3 is 0 Å². The molecule has 0 atom stereocenters. The third kappa shape index (κ3) is 6.44. The number of nitrogens with one attached hydrogen (secondary N) is 1. The highest BCUT2D eigenvalue weighted by atomic mass is 127. The van der Waals surface area contributed by atoms with Gasteiger partial charge in [0, 0.05) is 17.7 Å². The van der Waals surface area contributed by atoms with Gasteiger partial charge in [-0.1, -0.05) is 0 Å². The van der Waals surface area contributed by atoms with E-state index in [-0.39, 0.29) is 18.2 Å². The number of carbonyl (C=O) groups excluding carboxylic acids is 1. The highest BCUT2D eigenvalue weighted by molar-refractivity contribution is 14.1. The monoisotopic (exact) mass is 639 g/mol. The summed E-state index contributed by atoms with van der Waals surface area (Å²) in [5.74, 6) is 1.15. The van der Waals surface area contributed by atoms with Crippen molar-refractivity contribution in [3.63, 3.8) is 0 Å². The largest absolute Gasteiger partial charge is 0.496 e. The van der Waals surface area contributed by atoms with Crippen LogP contribution in [0.4, 0.5) is 5.69 Å². The number of ether oxygens (including phenoxy) is 3. The van der Waals surface area contributed by atoms with Crippen LogP contribution in [0.15, 0.2) is 64.2 Å². The Morgan fingerprint density at radius 3 is 2.47 bits per heavy atom. The van der Waals surface area contributed by atoms with Crippen molar-refractivity contribution in [3.05, 3.63) is 89.4 Å². The molecule has 3 aromatic carbocycles. The van der Waals surface area contributed by atoms with Crippen LogP contribution >= 0.6 is 38.5 Å². The zero-order valence-corrected chi connectivity index (χ0v) is 21.8. The molecule has 9 nitrogen and oxygen atoms in total. The number of halogens is 2. The lowest BCUT2D eigenvalue weighted by Gasteiger charge is -2.13. The highest BCUT2D eigenvalue weighted by Gasteiger charge is 2.13. The maximum absolute atomic E-state index is 12.4. The lowest BCUT2D eigenvalue weighted by molar-refractivity contribution is -0.384. The summed E-state index contributed by atoms with van der Waals surface area (Å²) in [7, 11) is 3.05. The van der Waals surface area contributed by atoms with Crippen LogP contribution in [-0.2, 0) is 6.61 Å². The summed E-state index contributed by atoms with van der Waals surface area (Å²) < 4.78 is 18.0. The number of hydrogen-bond donors (Lipinski definition) is 1. The first-order chi connectivity index (χ1) is 16.3. The predicted octanol–water partition coefficient (Wildman–Crippen LogP) is 5.32. The number of nitrogens with zero attached hydrogens (tertiary/aromatic N) is 2. The number of methoxy groups -OCH3 is 2. The number of non-ortho nitro benzene ring substituents is 1.